The van der Waals surface area contributed by atoms with Gasteiger partial charge in [-0.3, -0.25) is 4.99 Å². The molecular weight excluding hydrogens is 306 g/mol. The molecule has 0 fully saturated rings. The molecule has 0 aliphatic rings. The summed E-state index contributed by atoms with van der Waals surface area (Å²) in [6.45, 7) is 2.73. The molecule has 0 aliphatic heterocycles. The lowest BCUT2D eigenvalue weighted by atomic mass is 10.1. The molecule has 2 nitrogen and oxygen atoms in total. The van der Waals surface area contributed by atoms with Gasteiger partial charge in [-0.2, -0.15) is 0 Å². The maximum absolute atomic E-state index is 5.89. The van der Waals surface area contributed by atoms with Crippen molar-refractivity contribution in [1.29, 1.82) is 0 Å². The molecule has 0 saturated carbocycles. The van der Waals surface area contributed by atoms with E-state index in [2.05, 4.69) is 49.4 Å². The molecule has 2 heteroatoms. The quantitative estimate of drug-likeness (QED) is 0.499. The van der Waals surface area contributed by atoms with Crippen molar-refractivity contribution in [3.8, 4) is 5.75 Å². The first kappa shape index (κ1) is 17.0. The molecule has 0 heterocycles. The Labute approximate surface area is 149 Å². The number of nitrogens with zero attached hydrogens (tertiary/aromatic N) is 1. The number of ether oxygens (including phenoxy) is 1. The summed E-state index contributed by atoms with van der Waals surface area (Å²) >= 11 is 0. The minimum absolute atomic E-state index is 0.190. The molecule has 0 amide bonds. The summed E-state index contributed by atoms with van der Waals surface area (Å²) in [6.07, 6.45) is 2.92. The van der Waals surface area contributed by atoms with E-state index in [1.54, 1.807) is 0 Å². The van der Waals surface area contributed by atoms with Crippen LogP contribution < -0.4 is 4.74 Å². The van der Waals surface area contributed by atoms with E-state index in [1.807, 2.05) is 48.7 Å². The van der Waals surface area contributed by atoms with Crippen LogP contribution in [0.25, 0.3) is 0 Å². The summed E-state index contributed by atoms with van der Waals surface area (Å²) in [7, 11) is 0. The normalized spacial score (nSPS) is 12.2. The molecule has 0 N–H and O–H groups in total. The van der Waals surface area contributed by atoms with Gasteiger partial charge in [0, 0.05) is 6.21 Å². The van der Waals surface area contributed by atoms with Crippen LogP contribution in [0, 0.1) is 0 Å². The van der Waals surface area contributed by atoms with Crippen LogP contribution in [0.3, 0.4) is 0 Å². The first-order valence-corrected chi connectivity index (χ1v) is 8.70. The summed E-state index contributed by atoms with van der Waals surface area (Å²) in [5, 5.41) is 0. The number of aliphatic imine (C=N–C) groups is 1. The van der Waals surface area contributed by atoms with E-state index in [4.69, 9.17) is 9.73 Å². The minimum atomic E-state index is 0.190. The first-order valence-electron chi connectivity index (χ1n) is 8.70. The standard InChI is InChI=1S/C23H23NO/c1-2-23(21-13-7-4-8-14-21)24-17-20-12-9-15-22(16-20)25-18-19-10-5-3-6-11-19/h3-17,23H,2,18H2,1H3. The van der Waals surface area contributed by atoms with Crippen molar-refractivity contribution in [1.82, 2.24) is 0 Å². The van der Waals surface area contributed by atoms with E-state index >= 15 is 0 Å². The van der Waals surface area contributed by atoms with Gasteiger partial charge >= 0.3 is 0 Å². The molecule has 3 aromatic carbocycles. The minimum Gasteiger partial charge on any atom is -0.489 e. The SMILES string of the molecule is CCC(N=Cc1cccc(OCc2ccccc2)c1)c1ccccc1. The Hall–Kier alpha value is -2.87. The van der Waals surface area contributed by atoms with E-state index in [0.717, 1.165) is 23.3 Å². The van der Waals surface area contributed by atoms with Crippen molar-refractivity contribution >= 4 is 6.21 Å². The van der Waals surface area contributed by atoms with E-state index < -0.39 is 0 Å². The molecule has 1 atom stereocenters. The lowest BCUT2D eigenvalue weighted by Crippen LogP contribution is -1.97. The van der Waals surface area contributed by atoms with Crippen molar-refractivity contribution in [3.05, 3.63) is 102 Å². The van der Waals surface area contributed by atoms with Crippen LogP contribution in [-0.2, 0) is 6.61 Å². The predicted molar refractivity (Wildman–Crippen MR) is 104 cm³/mol. The average molecular weight is 329 g/mol. The Kier molecular flexibility index (Phi) is 6.00. The highest BCUT2D eigenvalue weighted by Crippen LogP contribution is 2.21. The molecule has 0 saturated heterocycles. The van der Waals surface area contributed by atoms with E-state index in [0.29, 0.717) is 6.61 Å². The van der Waals surface area contributed by atoms with Crippen molar-refractivity contribution in [3.63, 3.8) is 0 Å². The third-order valence-corrected chi connectivity index (χ3v) is 4.08. The fourth-order valence-corrected chi connectivity index (χ4v) is 2.70. The molecule has 0 aliphatic carbocycles. The third kappa shape index (κ3) is 5.05. The van der Waals surface area contributed by atoms with Crippen LogP contribution in [0.5, 0.6) is 5.75 Å². The second-order valence-electron chi connectivity index (χ2n) is 5.96. The lowest BCUT2D eigenvalue weighted by molar-refractivity contribution is 0.306. The van der Waals surface area contributed by atoms with Gasteiger partial charge in [-0.05, 0) is 35.2 Å². The van der Waals surface area contributed by atoms with Crippen LogP contribution >= 0.6 is 0 Å². The van der Waals surface area contributed by atoms with E-state index in [9.17, 15) is 0 Å². The fraction of sp³-hybridized carbons (Fsp3) is 0.174. The number of hydrogen-bond donors (Lipinski definition) is 0. The molecular formula is C23H23NO. The monoisotopic (exact) mass is 329 g/mol. The Bertz CT molecular complexity index is 797. The fourth-order valence-electron chi connectivity index (χ4n) is 2.70. The van der Waals surface area contributed by atoms with E-state index in [-0.39, 0.29) is 6.04 Å². The molecule has 25 heavy (non-hydrogen) atoms. The Morgan fingerprint density at radius 2 is 1.60 bits per heavy atom. The number of benzene rings is 3. The van der Waals surface area contributed by atoms with Gasteiger partial charge in [0.1, 0.15) is 12.4 Å². The van der Waals surface area contributed by atoms with Crippen molar-refractivity contribution < 1.29 is 4.74 Å². The zero-order valence-electron chi connectivity index (χ0n) is 14.5. The molecule has 0 spiro atoms. The highest BCUT2D eigenvalue weighted by Gasteiger charge is 2.05. The van der Waals surface area contributed by atoms with Crippen molar-refractivity contribution in [2.45, 2.75) is 26.0 Å². The Balaban J connectivity index is 1.66. The van der Waals surface area contributed by atoms with Crippen LogP contribution in [0.2, 0.25) is 0 Å². The molecule has 3 aromatic rings. The van der Waals surface area contributed by atoms with Crippen LogP contribution in [0.15, 0.2) is 89.9 Å². The van der Waals surface area contributed by atoms with Gasteiger partial charge in [0.15, 0.2) is 0 Å². The van der Waals surface area contributed by atoms with Gasteiger partial charge in [0.2, 0.25) is 0 Å². The van der Waals surface area contributed by atoms with Gasteiger partial charge in [-0.25, -0.2) is 0 Å². The summed E-state index contributed by atoms with van der Waals surface area (Å²) in [4.78, 5) is 4.76. The van der Waals surface area contributed by atoms with Crippen LogP contribution in [-0.4, -0.2) is 6.21 Å². The average Bonchev–Trinajstić information content (AvgIpc) is 2.69. The van der Waals surface area contributed by atoms with Crippen molar-refractivity contribution in [2.75, 3.05) is 0 Å². The van der Waals surface area contributed by atoms with Crippen LogP contribution in [0.4, 0.5) is 0 Å². The predicted octanol–water partition coefficient (Wildman–Crippen LogP) is 5.84. The molecule has 1 unspecified atom stereocenters. The Morgan fingerprint density at radius 1 is 0.880 bits per heavy atom. The van der Waals surface area contributed by atoms with Gasteiger partial charge in [-0.1, -0.05) is 79.7 Å². The lowest BCUT2D eigenvalue weighted by Gasteiger charge is -2.10. The summed E-state index contributed by atoms with van der Waals surface area (Å²) in [5.41, 5.74) is 3.47. The van der Waals surface area contributed by atoms with Gasteiger partial charge in [0.05, 0.1) is 6.04 Å². The highest BCUT2D eigenvalue weighted by molar-refractivity contribution is 5.80. The molecule has 0 bridgehead atoms. The molecule has 0 aromatic heterocycles. The van der Waals surface area contributed by atoms with Crippen molar-refractivity contribution in [2.24, 2.45) is 4.99 Å². The largest absolute Gasteiger partial charge is 0.489 e. The topological polar surface area (TPSA) is 21.6 Å². The van der Waals surface area contributed by atoms with Crippen LogP contribution in [0.1, 0.15) is 36.1 Å². The smallest absolute Gasteiger partial charge is 0.120 e. The highest BCUT2D eigenvalue weighted by atomic mass is 16.5. The number of rotatable bonds is 7. The molecule has 0 radical (unpaired) electrons. The van der Waals surface area contributed by atoms with Gasteiger partial charge in [0.25, 0.3) is 0 Å². The summed E-state index contributed by atoms with van der Waals surface area (Å²) in [6, 6.07) is 28.9. The third-order valence-electron chi connectivity index (χ3n) is 4.08. The molecule has 126 valence electrons. The zero-order valence-corrected chi connectivity index (χ0v) is 14.5. The van der Waals surface area contributed by atoms with E-state index in [1.165, 1.54) is 5.56 Å². The maximum atomic E-state index is 5.89. The second kappa shape index (κ2) is 8.84. The zero-order chi connectivity index (χ0) is 17.3. The first-order chi connectivity index (χ1) is 12.3. The summed E-state index contributed by atoms with van der Waals surface area (Å²) in [5.74, 6) is 0.862. The van der Waals surface area contributed by atoms with Gasteiger partial charge < -0.3 is 4.74 Å². The molecule has 3 rings (SSSR count). The number of hydrogen-bond acceptors (Lipinski definition) is 2. The summed E-state index contributed by atoms with van der Waals surface area (Å²) < 4.78 is 5.89. The van der Waals surface area contributed by atoms with Gasteiger partial charge in [-0.15, -0.1) is 0 Å². The maximum Gasteiger partial charge on any atom is 0.120 e. The Morgan fingerprint density at radius 3 is 2.32 bits per heavy atom. The second-order valence-corrected chi connectivity index (χ2v) is 5.96.